The molecule has 19 heavy (non-hydrogen) atoms. The first-order valence-electron chi connectivity index (χ1n) is 6.53. The van der Waals surface area contributed by atoms with Crippen LogP contribution in [0.5, 0.6) is 0 Å². The van der Waals surface area contributed by atoms with Crippen LogP contribution in [0, 0.1) is 6.92 Å². The first-order chi connectivity index (χ1) is 9.16. The lowest BCUT2D eigenvalue weighted by Crippen LogP contribution is -2.13. The number of carbonyl (C=O) groups is 1. The van der Waals surface area contributed by atoms with Gasteiger partial charge in [-0.1, -0.05) is 0 Å². The Morgan fingerprint density at radius 1 is 1.42 bits per heavy atom. The lowest BCUT2D eigenvalue weighted by Gasteiger charge is -2.12. The molecule has 0 atom stereocenters. The van der Waals surface area contributed by atoms with Crippen LogP contribution >= 0.6 is 0 Å². The number of nitrogens with one attached hydrogen (secondary N) is 1. The minimum absolute atomic E-state index is 0.318. The zero-order valence-corrected chi connectivity index (χ0v) is 10.9. The Bertz CT molecular complexity index is 665. The predicted octanol–water partition coefficient (Wildman–Crippen LogP) is 2.28. The maximum absolute atomic E-state index is 11.1. The van der Waals surface area contributed by atoms with Crippen LogP contribution in [-0.2, 0) is 13.0 Å². The Kier molecular flexibility index (Phi) is 2.95. The molecule has 2 heterocycles. The summed E-state index contributed by atoms with van der Waals surface area (Å²) in [6.07, 6.45) is 2.08. The van der Waals surface area contributed by atoms with Crippen LogP contribution in [0.3, 0.4) is 0 Å². The highest BCUT2D eigenvalue weighted by Gasteiger charge is 2.15. The highest BCUT2D eigenvalue weighted by molar-refractivity contribution is 5.94. The smallest absolute Gasteiger partial charge is 0.335 e. The summed E-state index contributed by atoms with van der Waals surface area (Å²) in [6.45, 7) is 3.88. The van der Waals surface area contributed by atoms with E-state index in [1.807, 2.05) is 6.07 Å². The molecule has 0 saturated carbocycles. The summed E-state index contributed by atoms with van der Waals surface area (Å²) in [5.74, 6) is -0.894. The van der Waals surface area contributed by atoms with Crippen LogP contribution in [0.15, 0.2) is 18.2 Å². The van der Waals surface area contributed by atoms with Gasteiger partial charge in [0.15, 0.2) is 0 Å². The molecule has 1 aromatic carbocycles. The molecule has 98 valence electrons. The molecule has 1 aliphatic rings. The lowest BCUT2D eigenvalue weighted by molar-refractivity contribution is 0.0697. The van der Waals surface area contributed by atoms with E-state index >= 15 is 0 Å². The molecule has 0 saturated heterocycles. The Labute approximate surface area is 111 Å². The van der Waals surface area contributed by atoms with E-state index in [1.165, 1.54) is 5.56 Å². The van der Waals surface area contributed by atoms with Crippen LogP contribution in [0.2, 0.25) is 0 Å². The maximum atomic E-state index is 11.1. The molecular weight excluding hydrogens is 240 g/mol. The number of benzene rings is 1. The number of hydrogen-bond acceptors (Lipinski definition) is 3. The van der Waals surface area contributed by atoms with Crippen LogP contribution in [-0.4, -0.2) is 22.6 Å². The molecule has 0 amide bonds. The summed E-state index contributed by atoms with van der Waals surface area (Å²) in [6, 6.07) is 5.16. The third kappa shape index (κ3) is 2.08. The molecule has 0 fully saturated rings. The van der Waals surface area contributed by atoms with Crippen molar-refractivity contribution >= 4 is 16.9 Å². The van der Waals surface area contributed by atoms with Crippen molar-refractivity contribution in [2.75, 3.05) is 6.54 Å². The van der Waals surface area contributed by atoms with E-state index in [0.717, 1.165) is 48.1 Å². The van der Waals surface area contributed by atoms with Crippen molar-refractivity contribution in [1.82, 2.24) is 10.3 Å². The molecule has 0 unspecified atom stereocenters. The Hall–Kier alpha value is -1.94. The molecule has 0 radical (unpaired) electrons. The van der Waals surface area contributed by atoms with Crippen molar-refractivity contribution in [1.29, 1.82) is 0 Å². The van der Waals surface area contributed by atoms with E-state index in [1.54, 1.807) is 12.1 Å². The normalized spacial score (nSPS) is 15.0. The third-order valence-electron chi connectivity index (χ3n) is 3.77. The summed E-state index contributed by atoms with van der Waals surface area (Å²) in [5.41, 5.74) is 4.74. The molecule has 4 heteroatoms. The van der Waals surface area contributed by atoms with E-state index < -0.39 is 5.97 Å². The molecule has 4 nitrogen and oxygen atoms in total. The molecule has 2 N–H and O–H groups in total. The summed E-state index contributed by atoms with van der Waals surface area (Å²) in [4.78, 5) is 15.8. The fourth-order valence-corrected chi connectivity index (χ4v) is 2.69. The van der Waals surface area contributed by atoms with E-state index in [0.29, 0.717) is 5.56 Å². The van der Waals surface area contributed by atoms with Gasteiger partial charge in [0.2, 0.25) is 0 Å². The minimum Gasteiger partial charge on any atom is -0.478 e. The molecular formula is C15H16N2O2. The van der Waals surface area contributed by atoms with Gasteiger partial charge < -0.3 is 10.4 Å². The quantitative estimate of drug-likeness (QED) is 0.821. The fourth-order valence-electron chi connectivity index (χ4n) is 2.69. The third-order valence-corrected chi connectivity index (χ3v) is 3.77. The first-order valence-corrected chi connectivity index (χ1v) is 6.53. The topological polar surface area (TPSA) is 62.2 Å². The average molecular weight is 256 g/mol. The van der Waals surface area contributed by atoms with Crippen molar-refractivity contribution in [3.63, 3.8) is 0 Å². The second kappa shape index (κ2) is 4.63. The molecule has 0 aliphatic carbocycles. The SMILES string of the molecule is Cc1c2c(nc3ccc(C(=O)O)cc13)CCCNC2. The van der Waals surface area contributed by atoms with Crippen molar-refractivity contribution in [2.45, 2.75) is 26.3 Å². The van der Waals surface area contributed by atoms with Gasteiger partial charge in [0.1, 0.15) is 0 Å². The van der Waals surface area contributed by atoms with E-state index in [4.69, 9.17) is 10.1 Å². The number of nitrogens with zero attached hydrogens (tertiary/aromatic N) is 1. The number of pyridine rings is 1. The number of aromatic carboxylic acids is 1. The van der Waals surface area contributed by atoms with Crippen molar-refractivity contribution < 1.29 is 9.90 Å². The van der Waals surface area contributed by atoms with E-state index in [-0.39, 0.29) is 0 Å². The first kappa shape index (κ1) is 12.1. The molecule has 0 bridgehead atoms. The van der Waals surface area contributed by atoms with Gasteiger partial charge in [-0.2, -0.15) is 0 Å². The number of aromatic nitrogens is 1. The summed E-state index contributed by atoms with van der Waals surface area (Å²) < 4.78 is 0. The maximum Gasteiger partial charge on any atom is 0.335 e. The number of rotatable bonds is 1. The highest BCUT2D eigenvalue weighted by Crippen LogP contribution is 2.25. The Morgan fingerprint density at radius 2 is 2.26 bits per heavy atom. The molecule has 1 aliphatic heterocycles. The van der Waals surface area contributed by atoms with Gasteiger partial charge in [0, 0.05) is 17.6 Å². The summed E-state index contributed by atoms with van der Waals surface area (Å²) in [7, 11) is 0. The van der Waals surface area contributed by atoms with Crippen molar-refractivity contribution in [2.24, 2.45) is 0 Å². The van der Waals surface area contributed by atoms with Gasteiger partial charge in [0.25, 0.3) is 0 Å². The number of hydrogen-bond donors (Lipinski definition) is 2. The van der Waals surface area contributed by atoms with Crippen molar-refractivity contribution in [3.8, 4) is 0 Å². The number of aryl methyl sites for hydroxylation is 2. The summed E-state index contributed by atoms with van der Waals surface area (Å²) >= 11 is 0. The van der Waals surface area contributed by atoms with Crippen LogP contribution < -0.4 is 5.32 Å². The summed E-state index contributed by atoms with van der Waals surface area (Å²) in [5, 5.41) is 13.4. The van der Waals surface area contributed by atoms with Crippen LogP contribution in [0.25, 0.3) is 10.9 Å². The lowest BCUT2D eigenvalue weighted by atomic mass is 9.99. The van der Waals surface area contributed by atoms with Gasteiger partial charge in [0.05, 0.1) is 11.1 Å². The minimum atomic E-state index is -0.894. The second-order valence-electron chi connectivity index (χ2n) is 4.98. The standard InChI is InChI=1S/C15H16N2O2/c1-9-11-7-10(15(18)19)4-5-14(11)17-13-3-2-6-16-8-12(9)13/h4-5,7,16H,2-3,6,8H2,1H3,(H,18,19). The van der Waals surface area contributed by atoms with Gasteiger partial charge in [-0.05, 0) is 55.6 Å². The number of carboxylic acid groups (broad SMARTS) is 1. The Morgan fingerprint density at radius 3 is 3.05 bits per heavy atom. The van der Waals surface area contributed by atoms with E-state index in [9.17, 15) is 4.79 Å². The highest BCUT2D eigenvalue weighted by atomic mass is 16.4. The van der Waals surface area contributed by atoms with E-state index in [2.05, 4.69) is 12.2 Å². The largest absolute Gasteiger partial charge is 0.478 e. The van der Waals surface area contributed by atoms with Crippen LogP contribution in [0.1, 0.15) is 33.6 Å². The zero-order valence-electron chi connectivity index (χ0n) is 10.9. The van der Waals surface area contributed by atoms with Gasteiger partial charge in [-0.25, -0.2) is 4.79 Å². The number of fused-ring (bicyclic) bond motifs is 2. The monoisotopic (exact) mass is 256 g/mol. The van der Waals surface area contributed by atoms with Gasteiger partial charge in [-0.15, -0.1) is 0 Å². The zero-order chi connectivity index (χ0) is 13.4. The fraction of sp³-hybridized carbons (Fsp3) is 0.333. The second-order valence-corrected chi connectivity index (χ2v) is 4.98. The molecule has 3 rings (SSSR count). The molecule has 2 aromatic rings. The average Bonchev–Trinajstić information content (AvgIpc) is 2.64. The van der Waals surface area contributed by atoms with Crippen molar-refractivity contribution in [3.05, 3.63) is 40.6 Å². The molecule has 1 aromatic heterocycles. The molecule has 0 spiro atoms. The predicted molar refractivity (Wildman–Crippen MR) is 73.5 cm³/mol. The van der Waals surface area contributed by atoms with Gasteiger partial charge >= 0.3 is 5.97 Å². The number of carboxylic acids is 1. The van der Waals surface area contributed by atoms with Gasteiger partial charge in [-0.3, -0.25) is 4.98 Å². The van der Waals surface area contributed by atoms with Crippen LogP contribution in [0.4, 0.5) is 0 Å². The Balaban J connectivity index is 2.25.